The highest BCUT2D eigenvalue weighted by atomic mass is 79.9. The number of nitrogens with zero attached hydrogens (tertiary/aromatic N) is 3. The van der Waals surface area contributed by atoms with Gasteiger partial charge in [0.25, 0.3) is 0 Å². The third-order valence-corrected chi connectivity index (χ3v) is 2.85. The predicted molar refractivity (Wildman–Crippen MR) is 72.4 cm³/mol. The molecule has 6 heteroatoms. The third kappa shape index (κ3) is 2.41. The van der Waals surface area contributed by atoms with Crippen LogP contribution in [-0.2, 0) is 0 Å². The van der Waals surface area contributed by atoms with Gasteiger partial charge in [0.1, 0.15) is 0 Å². The van der Waals surface area contributed by atoms with Gasteiger partial charge < -0.3 is 11.1 Å². The predicted octanol–water partition coefficient (Wildman–Crippen LogP) is 2.35. The van der Waals surface area contributed by atoms with Gasteiger partial charge in [0.05, 0.1) is 5.69 Å². The molecule has 5 nitrogen and oxygen atoms in total. The minimum atomic E-state index is 0.381. The second-order valence-electron chi connectivity index (χ2n) is 3.67. The van der Waals surface area contributed by atoms with Crippen LogP contribution in [0.5, 0.6) is 0 Å². The number of nitrogens with one attached hydrogen (secondary N) is 1. The second-order valence-corrected chi connectivity index (χ2v) is 4.58. The highest BCUT2D eigenvalue weighted by Crippen LogP contribution is 2.21. The van der Waals surface area contributed by atoms with Crippen LogP contribution < -0.4 is 11.1 Å². The first-order valence-electron chi connectivity index (χ1n) is 5.34. The summed E-state index contributed by atoms with van der Waals surface area (Å²) < 4.78 is 2.67. The number of nitrogen functional groups attached to an aromatic ring is 1. The molecule has 0 unspecified atom stereocenters. The molecule has 0 aliphatic rings. The number of benzene rings is 1. The minimum Gasteiger partial charge on any atom is -0.368 e. The molecule has 0 saturated carbocycles. The van der Waals surface area contributed by atoms with Crippen LogP contribution in [0.2, 0.25) is 0 Å². The number of anilines is 2. The highest BCUT2D eigenvalue weighted by molar-refractivity contribution is 9.10. The maximum Gasteiger partial charge on any atom is 0.244 e. The molecule has 0 aliphatic heterocycles. The van der Waals surface area contributed by atoms with Gasteiger partial charge in [-0.1, -0.05) is 15.9 Å². The molecular formula is C11H14BrN5. The molecule has 0 atom stereocenters. The highest BCUT2D eigenvalue weighted by Gasteiger charge is 2.10. The monoisotopic (exact) mass is 295 g/mol. The van der Waals surface area contributed by atoms with Gasteiger partial charge in [-0.05, 0) is 37.6 Å². The fraction of sp³-hybridized carbons (Fsp3) is 0.273. The molecule has 2 aromatic rings. The summed E-state index contributed by atoms with van der Waals surface area (Å²) in [5.41, 5.74) is 7.86. The van der Waals surface area contributed by atoms with E-state index in [1.165, 1.54) is 0 Å². The van der Waals surface area contributed by atoms with E-state index in [4.69, 9.17) is 5.73 Å². The first-order chi connectivity index (χ1) is 8.11. The van der Waals surface area contributed by atoms with Crippen molar-refractivity contribution < 1.29 is 0 Å². The van der Waals surface area contributed by atoms with Crippen LogP contribution in [0.3, 0.4) is 0 Å². The van der Waals surface area contributed by atoms with Gasteiger partial charge in [0.15, 0.2) is 0 Å². The summed E-state index contributed by atoms with van der Waals surface area (Å²) in [6.07, 6.45) is 0. The van der Waals surface area contributed by atoms with E-state index >= 15 is 0 Å². The molecule has 0 aliphatic carbocycles. The maximum atomic E-state index is 5.85. The van der Waals surface area contributed by atoms with Crippen molar-refractivity contribution in [2.45, 2.75) is 13.8 Å². The Morgan fingerprint density at radius 2 is 2.24 bits per heavy atom. The molecule has 17 heavy (non-hydrogen) atoms. The SMILES string of the molecule is CCNc1nc(N)n(-c2ccc(Br)cc2C)n1. The van der Waals surface area contributed by atoms with Crippen LogP contribution in [0.25, 0.3) is 5.69 Å². The van der Waals surface area contributed by atoms with E-state index < -0.39 is 0 Å². The number of hydrogen-bond donors (Lipinski definition) is 2. The fourth-order valence-corrected chi connectivity index (χ4v) is 2.07. The molecule has 0 bridgehead atoms. The largest absolute Gasteiger partial charge is 0.368 e. The molecule has 2 rings (SSSR count). The summed E-state index contributed by atoms with van der Waals surface area (Å²) in [5, 5.41) is 7.35. The number of nitrogens with two attached hydrogens (primary N) is 1. The Labute approximate surface area is 108 Å². The van der Waals surface area contributed by atoms with E-state index in [2.05, 4.69) is 31.3 Å². The fourth-order valence-electron chi connectivity index (χ4n) is 1.59. The number of rotatable bonds is 3. The van der Waals surface area contributed by atoms with Crippen molar-refractivity contribution in [2.75, 3.05) is 17.6 Å². The van der Waals surface area contributed by atoms with Gasteiger partial charge in [0, 0.05) is 11.0 Å². The smallest absolute Gasteiger partial charge is 0.244 e. The van der Waals surface area contributed by atoms with Gasteiger partial charge in [0.2, 0.25) is 11.9 Å². The lowest BCUT2D eigenvalue weighted by Gasteiger charge is -2.06. The van der Waals surface area contributed by atoms with Gasteiger partial charge >= 0.3 is 0 Å². The van der Waals surface area contributed by atoms with Gasteiger partial charge in [-0.2, -0.15) is 9.67 Å². The van der Waals surface area contributed by atoms with Crippen LogP contribution in [0.4, 0.5) is 11.9 Å². The Morgan fingerprint density at radius 3 is 2.88 bits per heavy atom. The molecule has 0 spiro atoms. The van der Waals surface area contributed by atoms with E-state index in [0.717, 1.165) is 22.3 Å². The topological polar surface area (TPSA) is 68.8 Å². The van der Waals surface area contributed by atoms with Crippen molar-refractivity contribution >= 4 is 27.8 Å². The van der Waals surface area contributed by atoms with Crippen molar-refractivity contribution in [1.29, 1.82) is 0 Å². The number of halogens is 1. The first kappa shape index (κ1) is 11.9. The average Bonchev–Trinajstić information content (AvgIpc) is 2.60. The second kappa shape index (κ2) is 4.75. The molecule has 0 radical (unpaired) electrons. The molecule has 1 heterocycles. The van der Waals surface area contributed by atoms with E-state index in [0.29, 0.717) is 11.9 Å². The first-order valence-corrected chi connectivity index (χ1v) is 6.14. The molecule has 0 amide bonds. The normalized spacial score (nSPS) is 10.5. The Bertz CT molecular complexity index is 535. The Balaban J connectivity index is 2.45. The van der Waals surface area contributed by atoms with Crippen LogP contribution in [0, 0.1) is 6.92 Å². The van der Waals surface area contributed by atoms with Gasteiger partial charge in [-0.25, -0.2) is 0 Å². The van der Waals surface area contributed by atoms with Crippen molar-refractivity contribution in [1.82, 2.24) is 14.8 Å². The Morgan fingerprint density at radius 1 is 1.47 bits per heavy atom. The van der Waals surface area contributed by atoms with Crippen molar-refractivity contribution in [3.05, 3.63) is 28.2 Å². The number of hydrogen-bond acceptors (Lipinski definition) is 4. The zero-order valence-corrected chi connectivity index (χ0v) is 11.3. The van der Waals surface area contributed by atoms with E-state index in [-0.39, 0.29) is 0 Å². The summed E-state index contributed by atoms with van der Waals surface area (Å²) >= 11 is 3.43. The standard InChI is InChI=1S/C11H14BrN5/c1-3-14-11-15-10(13)17(16-11)9-5-4-8(12)6-7(9)2/h4-6H,3H2,1-2H3,(H3,13,14,15,16). The van der Waals surface area contributed by atoms with E-state index in [1.54, 1.807) is 4.68 Å². The summed E-state index contributed by atoms with van der Waals surface area (Å²) in [6.45, 7) is 4.76. The lowest BCUT2D eigenvalue weighted by Crippen LogP contribution is -2.04. The van der Waals surface area contributed by atoms with Crippen LogP contribution in [0.15, 0.2) is 22.7 Å². The maximum absolute atomic E-state index is 5.85. The van der Waals surface area contributed by atoms with Crippen molar-refractivity contribution in [2.24, 2.45) is 0 Å². The molecule has 3 N–H and O–H groups in total. The summed E-state index contributed by atoms with van der Waals surface area (Å²) in [7, 11) is 0. The summed E-state index contributed by atoms with van der Waals surface area (Å²) in [4.78, 5) is 4.15. The van der Waals surface area contributed by atoms with Gasteiger partial charge in [-0.15, -0.1) is 5.10 Å². The molecule has 0 fully saturated rings. The Hall–Kier alpha value is -1.56. The molecule has 1 aromatic carbocycles. The lowest BCUT2D eigenvalue weighted by molar-refractivity contribution is 0.881. The molecule has 0 saturated heterocycles. The molecular weight excluding hydrogens is 282 g/mol. The van der Waals surface area contributed by atoms with E-state index in [9.17, 15) is 0 Å². The Kier molecular flexibility index (Phi) is 3.33. The van der Waals surface area contributed by atoms with Crippen LogP contribution >= 0.6 is 15.9 Å². The molecule has 90 valence electrons. The lowest BCUT2D eigenvalue weighted by atomic mass is 10.2. The zero-order valence-electron chi connectivity index (χ0n) is 9.74. The van der Waals surface area contributed by atoms with E-state index in [1.807, 2.05) is 32.0 Å². The minimum absolute atomic E-state index is 0.381. The van der Waals surface area contributed by atoms with Crippen LogP contribution in [-0.4, -0.2) is 21.3 Å². The summed E-state index contributed by atoms with van der Waals surface area (Å²) in [6, 6.07) is 5.93. The van der Waals surface area contributed by atoms with Gasteiger partial charge in [-0.3, -0.25) is 0 Å². The molecule has 1 aromatic heterocycles. The number of aromatic nitrogens is 3. The summed E-state index contributed by atoms with van der Waals surface area (Å²) in [5.74, 6) is 0.929. The quantitative estimate of drug-likeness (QED) is 0.912. The third-order valence-electron chi connectivity index (χ3n) is 2.35. The van der Waals surface area contributed by atoms with Crippen molar-refractivity contribution in [3.63, 3.8) is 0 Å². The average molecular weight is 296 g/mol. The number of aryl methyl sites for hydroxylation is 1. The van der Waals surface area contributed by atoms with Crippen LogP contribution in [0.1, 0.15) is 12.5 Å². The van der Waals surface area contributed by atoms with Crippen molar-refractivity contribution in [3.8, 4) is 5.69 Å². The zero-order chi connectivity index (χ0) is 12.4.